The molecular weight excluding hydrogens is 388 g/mol. The lowest BCUT2D eigenvalue weighted by Crippen LogP contribution is -1.76. The molecule has 0 spiro atoms. The molecule has 4 aromatic rings. The van der Waals surface area contributed by atoms with Crippen LogP contribution < -0.4 is 0 Å². The van der Waals surface area contributed by atoms with Crippen molar-refractivity contribution in [3.63, 3.8) is 0 Å². The van der Waals surface area contributed by atoms with Gasteiger partial charge in [0, 0.05) is 5.02 Å². The van der Waals surface area contributed by atoms with Gasteiger partial charge in [-0.3, -0.25) is 0 Å². The van der Waals surface area contributed by atoms with Gasteiger partial charge in [0.25, 0.3) is 0 Å². The molecule has 1 aliphatic rings. The Bertz CT molecular complexity index is 1080. The Morgan fingerprint density at radius 3 is 1.57 bits per heavy atom. The molecule has 0 fully saturated rings. The van der Waals surface area contributed by atoms with E-state index in [-0.39, 0.29) is 0 Å². The van der Waals surface area contributed by atoms with Gasteiger partial charge < -0.3 is 5.11 Å². The third-order valence-electron chi connectivity index (χ3n) is 4.65. The molecular formula is C28H23ClO. The first-order valence-electron chi connectivity index (χ1n) is 9.60. The van der Waals surface area contributed by atoms with E-state index in [9.17, 15) is 0 Å². The number of hydrogen-bond acceptors (Lipinski definition) is 1. The second-order valence-corrected chi connectivity index (χ2v) is 7.11. The van der Waals surface area contributed by atoms with Crippen LogP contribution in [0.4, 0.5) is 0 Å². The van der Waals surface area contributed by atoms with Crippen molar-refractivity contribution in [1.29, 1.82) is 0 Å². The van der Waals surface area contributed by atoms with Crippen molar-refractivity contribution >= 4 is 46.7 Å². The molecule has 0 bridgehead atoms. The van der Waals surface area contributed by atoms with Crippen molar-refractivity contribution in [1.82, 2.24) is 0 Å². The van der Waals surface area contributed by atoms with Crippen LogP contribution in [0.2, 0.25) is 5.02 Å². The zero-order chi connectivity index (χ0) is 21.3. The van der Waals surface area contributed by atoms with Crippen molar-refractivity contribution < 1.29 is 5.11 Å². The van der Waals surface area contributed by atoms with Crippen LogP contribution in [0.3, 0.4) is 0 Å². The molecule has 0 saturated heterocycles. The van der Waals surface area contributed by atoms with E-state index >= 15 is 0 Å². The number of halogens is 1. The van der Waals surface area contributed by atoms with Gasteiger partial charge in [0.1, 0.15) is 5.75 Å². The van der Waals surface area contributed by atoms with Crippen LogP contribution in [-0.2, 0) is 0 Å². The van der Waals surface area contributed by atoms with E-state index < -0.39 is 0 Å². The standard InChI is InChI=1S/C12H8.C8H7Cl.C8H8O/c1-3-9-4-2-6-11-8-7-10(5-1)12(9)11;2*1-2-7-3-5-8(9)6-4-7/h1-8H;2-6H,1H2;2-6,9H,1H2. The summed E-state index contributed by atoms with van der Waals surface area (Å²) >= 11 is 5.63. The highest BCUT2D eigenvalue weighted by Crippen LogP contribution is 2.30. The first kappa shape index (κ1) is 21.2. The highest BCUT2D eigenvalue weighted by Gasteiger charge is 2.06. The maximum Gasteiger partial charge on any atom is 0.115 e. The van der Waals surface area contributed by atoms with Gasteiger partial charge in [-0.05, 0) is 57.3 Å². The highest BCUT2D eigenvalue weighted by atomic mass is 35.5. The second-order valence-electron chi connectivity index (χ2n) is 6.68. The average molecular weight is 411 g/mol. The van der Waals surface area contributed by atoms with Crippen LogP contribution in [0, 0.1) is 0 Å². The molecule has 0 aliphatic heterocycles. The predicted molar refractivity (Wildman–Crippen MR) is 133 cm³/mol. The fourth-order valence-corrected chi connectivity index (χ4v) is 3.19. The molecule has 0 heterocycles. The fourth-order valence-electron chi connectivity index (χ4n) is 3.07. The summed E-state index contributed by atoms with van der Waals surface area (Å²) in [5.41, 5.74) is 4.82. The third kappa shape index (κ3) is 5.50. The zero-order valence-corrected chi connectivity index (χ0v) is 17.4. The summed E-state index contributed by atoms with van der Waals surface area (Å²) in [7, 11) is 0. The fraction of sp³-hybridized carbons (Fsp3) is 0. The van der Waals surface area contributed by atoms with E-state index in [1.807, 2.05) is 36.4 Å². The largest absolute Gasteiger partial charge is 0.508 e. The summed E-state index contributed by atoms with van der Waals surface area (Å²) in [4.78, 5) is 0. The summed E-state index contributed by atoms with van der Waals surface area (Å²) in [5, 5.41) is 12.3. The maximum absolute atomic E-state index is 8.82. The lowest BCUT2D eigenvalue weighted by atomic mass is 10.0. The predicted octanol–water partition coefficient (Wildman–Crippen LogP) is 8.34. The smallest absolute Gasteiger partial charge is 0.115 e. The molecule has 5 rings (SSSR count). The minimum absolute atomic E-state index is 0.292. The topological polar surface area (TPSA) is 20.2 Å². The molecule has 0 radical (unpaired) electrons. The van der Waals surface area contributed by atoms with Crippen LogP contribution >= 0.6 is 11.6 Å². The molecule has 0 unspecified atom stereocenters. The van der Waals surface area contributed by atoms with Crippen molar-refractivity contribution in [2.75, 3.05) is 0 Å². The number of benzene rings is 4. The maximum atomic E-state index is 8.82. The molecule has 0 aromatic heterocycles. The van der Waals surface area contributed by atoms with Crippen LogP contribution in [0.5, 0.6) is 5.75 Å². The first-order valence-corrected chi connectivity index (χ1v) is 9.98. The third-order valence-corrected chi connectivity index (χ3v) is 4.90. The van der Waals surface area contributed by atoms with Gasteiger partial charge in [0.15, 0.2) is 0 Å². The Kier molecular flexibility index (Phi) is 7.26. The number of rotatable bonds is 2. The Morgan fingerprint density at radius 1 is 0.633 bits per heavy atom. The van der Waals surface area contributed by atoms with E-state index in [4.69, 9.17) is 16.7 Å². The average Bonchev–Trinajstić information content (AvgIpc) is 3.21. The molecule has 0 amide bonds. The second kappa shape index (κ2) is 10.3. The molecule has 1 nitrogen and oxygen atoms in total. The molecule has 148 valence electrons. The van der Waals surface area contributed by atoms with Gasteiger partial charge in [-0.2, -0.15) is 0 Å². The van der Waals surface area contributed by atoms with Crippen LogP contribution in [0.15, 0.2) is 98.1 Å². The van der Waals surface area contributed by atoms with Crippen molar-refractivity contribution in [2.24, 2.45) is 0 Å². The summed E-state index contributed by atoms with van der Waals surface area (Å²) in [6.07, 6.45) is 7.88. The number of aromatic hydroxyl groups is 1. The molecule has 1 N–H and O–H groups in total. The monoisotopic (exact) mass is 410 g/mol. The molecule has 0 atom stereocenters. The van der Waals surface area contributed by atoms with E-state index in [0.717, 1.165) is 16.1 Å². The van der Waals surface area contributed by atoms with E-state index in [1.165, 1.54) is 21.9 Å². The molecule has 0 saturated carbocycles. The van der Waals surface area contributed by atoms with Crippen LogP contribution in [0.25, 0.3) is 35.1 Å². The molecule has 2 heteroatoms. The number of phenolic OH excluding ortho intramolecular Hbond substituents is 1. The van der Waals surface area contributed by atoms with Crippen molar-refractivity contribution in [3.05, 3.63) is 125 Å². The van der Waals surface area contributed by atoms with Gasteiger partial charge in [0.2, 0.25) is 0 Å². The highest BCUT2D eigenvalue weighted by molar-refractivity contribution is 6.30. The minimum Gasteiger partial charge on any atom is -0.508 e. The summed E-state index contributed by atoms with van der Waals surface area (Å²) < 4.78 is 0. The lowest BCUT2D eigenvalue weighted by molar-refractivity contribution is 0.475. The minimum atomic E-state index is 0.292. The summed E-state index contributed by atoms with van der Waals surface area (Å²) in [6, 6.07) is 27.3. The van der Waals surface area contributed by atoms with Gasteiger partial charge in [-0.1, -0.05) is 110 Å². The Hall–Kier alpha value is -3.55. The van der Waals surface area contributed by atoms with E-state index in [1.54, 1.807) is 24.3 Å². The molecule has 30 heavy (non-hydrogen) atoms. The molecule has 4 aromatic carbocycles. The SMILES string of the molecule is C1=Cc2cccc3cccc1c23.C=Cc1ccc(Cl)cc1.C=Cc1ccc(O)cc1. The number of phenols is 1. The Balaban J connectivity index is 0.000000131. The lowest BCUT2D eigenvalue weighted by Gasteiger charge is -1.99. The van der Waals surface area contributed by atoms with Crippen molar-refractivity contribution in [3.8, 4) is 5.75 Å². The summed E-state index contributed by atoms with van der Waals surface area (Å²) in [5.74, 6) is 0.292. The zero-order valence-electron chi connectivity index (χ0n) is 16.6. The van der Waals surface area contributed by atoms with E-state index in [2.05, 4.69) is 61.7 Å². The van der Waals surface area contributed by atoms with E-state index in [0.29, 0.717) is 5.75 Å². The van der Waals surface area contributed by atoms with Crippen LogP contribution in [-0.4, -0.2) is 5.11 Å². The molecule has 1 aliphatic carbocycles. The quantitative estimate of drug-likeness (QED) is 0.310. The Labute approximate surface area is 182 Å². The van der Waals surface area contributed by atoms with Gasteiger partial charge in [0.05, 0.1) is 0 Å². The first-order chi connectivity index (χ1) is 14.6. The number of hydrogen-bond donors (Lipinski definition) is 1. The van der Waals surface area contributed by atoms with Gasteiger partial charge in [-0.15, -0.1) is 0 Å². The summed E-state index contributed by atoms with van der Waals surface area (Å²) in [6.45, 7) is 7.20. The van der Waals surface area contributed by atoms with Gasteiger partial charge in [-0.25, -0.2) is 0 Å². The van der Waals surface area contributed by atoms with Crippen molar-refractivity contribution in [2.45, 2.75) is 0 Å². The Morgan fingerprint density at radius 2 is 1.10 bits per heavy atom. The van der Waals surface area contributed by atoms with Gasteiger partial charge >= 0.3 is 0 Å². The van der Waals surface area contributed by atoms with Crippen LogP contribution in [0.1, 0.15) is 22.3 Å². The normalized spacial score (nSPS) is 10.4.